The first-order valence-corrected chi connectivity index (χ1v) is 11.4. The molecule has 192 valence electrons. The molecule has 0 amide bonds. The van der Waals surface area contributed by atoms with Crippen LogP contribution in [0.4, 0.5) is 19.0 Å². The van der Waals surface area contributed by atoms with Crippen molar-refractivity contribution in [3.05, 3.63) is 65.7 Å². The summed E-state index contributed by atoms with van der Waals surface area (Å²) in [6.07, 6.45) is -3.50. The highest BCUT2D eigenvalue weighted by Gasteiger charge is 2.30. The Morgan fingerprint density at radius 3 is 2.31 bits per heavy atom. The standard InChI is InChI=1S/C26H26F3N5.2ClH/c1-3-33(4-2)15-7-14-31-24-16-20(18-10-12-19(13-11-18)26(27,28)29)21(17-30)25-32-22-8-5-6-9-23(22)34(24)25;;/h5-6,8-13,16,31H,3-4,7,14-15H2,1-2H3;2*1H. The third-order valence-electron chi connectivity index (χ3n) is 6.06. The van der Waals surface area contributed by atoms with Crippen molar-refractivity contribution in [2.45, 2.75) is 26.4 Å². The molecule has 0 unspecified atom stereocenters. The molecule has 0 fully saturated rings. The lowest BCUT2D eigenvalue weighted by Gasteiger charge is -2.19. The molecule has 0 atom stereocenters. The normalized spacial score (nSPS) is 11.2. The predicted octanol–water partition coefficient (Wildman–Crippen LogP) is 7.03. The number of halogens is 5. The highest BCUT2D eigenvalue weighted by molar-refractivity contribution is 5.89. The largest absolute Gasteiger partial charge is 0.416 e. The summed E-state index contributed by atoms with van der Waals surface area (Å²) >= 11 is 0. The number of anilines is 1. The monoisotopic (exact) mass is 537 g/mol. The van der Waals surface area contributed by atoms with Crippen molar-refractivity contribution in [3.8, 4) is 17.2 Å². The van der Waals surface area contributed by atoms with E-state index in [2.05, 4.69) is 35.1 Å². The van der Waals surface area contributed by atoms with Crippen molar-refractivity contribution in [1.82, 2.24) is 14.3 Å². The molecule has 0 radical (unpaired) electrons. The molecule has 2 aromatic heterocycles. The van der Waals surface area contributed by atoms with Crippen molar-refractivity contribution < 1.29 is 13.2 Å². The van der Waals surface area contributed by atoms with Gasteiger partial charge in [-0.1, -0.05) is 38.1 Å². The van der Waals surface area contributed by atoms with E-state index in [0.29, 0.717) is 28.9 Å². The van der Waals surface area contributed by atoms with E-state index in [1.54, 1.807) is 0 Å². The van der Waals surface area contributed by atoms with E-state index in [-0.39, 0.29) is 24.8 Å². The summed E-state index contributed by atoms with van der Waals surface area (Å²) in [6.45, 7) is 7.90. The van der Waals surface area contributed by atoms with Crippen LogP contribution >= 0.6 is 24.8 Å². The van der Waals surface area contributed by atoms with E-state index >= 15 is 0 Å². The molecule has 0 aliphatic rings. The molecule has 1 N–H and O–H groups in total. The zero-order valence-electron chi connectivity index (χ0n) is 20.0. The van der Waals surface area contributed by atoms with Gasteiger partial charge in [-0.15, -0.1) is 24.8 Å². The first-order chi connectivity index (χ1) is 16.4. The number of benzene rings is 2. The van der Waals surface area contributed by atoms with Gasteiger partial charge in [0, 0.05) is 12.1 Å². The van der Waals surface area contributed by atoms with Crippen molar-refractivity contribution in [3.63, 3.8) is 0 Å². The number of nitrogens with one attached hydrogen (secondary N) is 1. The second-order valence-electron chi connectivity index (χ2n) is 8.07. The minimum absolute atomic E-state index is 0. The molecule has 10 heteroatoms. The van der Waals surface area contributed by atoms with Crippen LogP contribution in [0.2, 0.25) is 0 Å². The van der Waals surface area contributed by atoms with Gasteiger partial charge in [-0.2, -0.15) is 18.4 Å². The molecule has 4 aromatic rings. The average molecular weight is 538 g/mol. The third-order valence-corrected chi connectivity index (χ3v) is 6.06. The molecule has 36 heavy (non-hydrogen) atoms. The van der Waals surface area contributed by atoms with E-state index in [1.807, 2.05) is 34.7 Å². The van der Waals surface area contributed by atoms with Gasteiger partial charge in [-0.05, 0) is 62.0 Å². The summed E-state index contributed by atoms with van der Waals surface area (Å²) in [7, 11) is 0. The van der Waals surface area contributed by atoms with Gasteiger partial charge in [0.15, 0.2) is 5.65 Å². The predicted molar refractivity (Wildman–Crippen MR) is 143 cm³/mol. The average Bonchev–Trinajstić information content (AvgIpc) is 3.23. The summed E-state index contributed by atoms with van der Waals surface area (Å²) in [5.74, 6) is 0.747. The Hall–Kier alpha value is -2.99. The SMILES string of the molecule is CCN(CC)CCCNc1cc(-c2ccc(C(F)(F)F)cc2)c(C#N)c2nc3ccccc3n12.Cl.Cl. The molecule has 0 saturated heterocycles. The number of nitrogens with zero attached hydrogens (tertiary/aromatic N) is 4. The second kappa shape index (κ2) is 12.3. The van der Waals surface area contributed by atoms with Crippen molar-refractivity contribution in [2.75, 3.05) is 31.5 Å². The maximum Gasteiger partial charge on any atom is 0.416 e. The Morgan fingerprint density at radius 2 is 1.69 bits per heavy atom. The van der Waals surface area contributed by atoms with Crippen LogP contribution in [0.25, 0.3) is 27.8 Å². The van der Waals surface area contributed by atoms with Crippen molar-refractivity contribution in [1.29, 1.82) is 5.26 Å². The van der Waals surface area contributed by atoms with Crippen molar-refractivity contribution in [2.24, 2.45) is 0 Å². The van der Waals surface area contributed by atoms with Gasteiger partial charge in [0.2, 0.25) is 0 Å². The quantitative estimate of drug-likeness (QED) is 0.245. The van der Waals surface area contributed by atoms with E-state index in [9.17, 15) is 18.4 Å². The van der Waals surface area contributed by atoms with Crippen molar-refractivity contribution >= 4 is 47.3 Å². The minimum Gasteiger partial charge on any atom is -0.371 e. The van der Waals surface area contributed by atoms with Gasteiger partial charge in [-0.25, -0.2) is 4.98 Å². The summed E-state index contributed by atoms with van der Waals surface area (Å²) in [6, 6.07) is 16.6. The van der Waals surface area contributed by atoms with Gasteiger partial charge < -0.3 is 10.2 Å². The van der Waals surface area contributed by atoms with Gasteiger partial charge in [-0.3, -0.25) is 4.40 Å². The maximum atomic E-state index is 13.1. The summed E-state index contributed by atoms with van der Waals surface area (Å²) in [5.41, 5.74) is 2.76. The number of rotatable bonds is 8. The summed E-state index contributed by atoms with van der Waals surface area (Å²) in [4.78, 5) is 7.03. The van der Waals surface area contributed by atoms with Crippen LogP contribution in [0.5, 0.6) is 0 Å². The molecular weight excluding hydrogens is 510 g/mol. The maximum absolute atomic E-state index is 13.1. The van der Waals surface area contributed by atoms with E-state index in [4.69, 9.17) is 0 Å². The fraction of sp³-hybridized carbons (Fsp3) is 0.308. The molecule has 0 spiro atoms. The molecule has 5 nitrogen and oxygen atoms in total. The number of pyridine rings is 1. The van der Waals surface area contributed by atoms with Crippen LogP contribution in [0.1, 0.15) is 31.4 Å². The number of hydrogen-bond acceptors (Lipinski definition) is 4. The molecule has 2 heterocycles. The Morgan fingerprint density at radius 1 is 1.03 bits per heavy atom. The van der Waals surface area contributed by atoms with Crippen LogP contribution in [-0.2, 0) is 6.18 Å². The molecule has 0 aliphatic carbocycles. The molecule has 2 aromatic carbocycles. The highest BCUT2D eigenvalue weighted by atomic mass is 35.5. The van der Waals surface area contributed by atoms with Gasteiger partial charge in [0.25, 0.3) is 0 Å². The Bertz CT molecular complexity index is 1340. The third kappa shape index (κ3) is 5.86. The van der Waals surface area contributed by atoms with Gasteiger partial charge in [0.1, 0.15) is 17.5 Å². The first kappa shape index (κ1) is 29.2. The number of aromatic nitrogens is 2. The fourth-order valence-electron chi connectivity index (χ4n) is 4.20. The number of alkyl halides is 3. The summed E-state index contributed by atoms with van der Waals surface area (Å²) in [5, 5.41) is 13.5. The van der Waals surface area contributed by atoms with Crippen LogP contribution in [-0.4, -0.2) is 40.5 Å². The van der Waals surface area contributed by atoms with Crippen LogP contribution in [0, 0.1) is 11.3 Å². The zero-order chi connectivity index (χ0) is 24.3. The van der Waals surface area contributed by atoms with Gasteiger partial charge in [0.05, 0.1) is 16.6 Å². The number of para-hydroxylation sites is 2. The minimum atomic E-state index is -4.42. The number of hydrogen-bond donors (Lipinski definition) is 1. The Labute approximate surface area is 220 Å². The zero-order valence-corrected chi connectivity index (χ0v) is 21.6. The lowest BCUT2D eigenvalue weighted by molar-refractivity contribution is -0.137. The fourth-order valence-corrected chi connectivity index (χ4v) is 4.20. The highest BCUT2D eigenvalue weighted by Crippen LogP contribution is 2.35. The van der Waals surface area contributed by atoms with E-state index in [0.717, 1.165) is 55.0 Å². The second-order valence-corrected chi connectivity index (χ2v) is 8.07. The molecule has 0 aliphatic heterocycles. The number of nitriles is 1. The molecule has 0 bridgehead atoms. The first-order valence-electron chi connectivity index (χ1n) is 11.4. The topological polar surface area (TPSA) is 56.4 Å². The van der Waals surface area contributed by atoms with Crippen LogP contribution in [0.3, 0.4) is 0 Å². The number of fused-ring (bicyclic) bond motifs is 3. The lowest BCUT2D eigenvalue weighted by atomic mass is 10.00. The summed E-state index contributed by atoms with van der Waals surface area (Å²) < 4.78 is 41.1. The lowest BCUT2D eigenvalue weighted by Crippen LogP contribution is -2.25. The smallest absolute Gasteiger partial charge is 0.371 e. The molecular formula is C26H28Cl2F3N5. The van der Waals surface area contributed by atoms with Gasteiger partial charge >= 0.3 is 6.18 Å². The molecule has 0 saturated carbocycles. The Kier molecular flexibility index (Phi) is 10.00. The van der Waals surface area contributed by atoms with Crippen LogP contribution < -0.4 is 5.32 Å². The Balaban J connectivity index is 0.00000228. The number of imidazole rings is 1. The van der Waals surface area contributed by atoms with Crippen LogP contribution in [0.15, 0.2) is 54.6 Å². The van der Waals surface area contributed by atoms with E-state index in [1.165, 1.54) is 12.1 Å². The van der Waals surface area contributed by atoms with E-state index < -0.39 is 11.7 Å². The molecule has 4 rings (SSSR count).